The van der Waals surface area contributed by atoms with Crippen LogP contribution in [0.15, 0.2) is 31.0 Å². The Hall–Kier alpha value is -2.15. The van der Waals surface area contributed by atoms with Crippen molar-refractivity contribution in [3.8, 4) is 0 Å². The summed E-state index contributed by atoms with van der Waals surface area (Å²) in [6.07, 6.45) is 8.58. The summed E-state index contributed by atoms with van der Waals surface area (Å²) in [5.41, 5.74) is 0. The summed E-state index contributed by atoms with van der Waals surface area (Å²) in [6.45, 7) is 1.95. The second-order valence-corrected chi connectivity index (χ2v) is 6.02. The Bertz CT molecular complexity index is 654. The van der Waals surface area contributed by atoms with Gasteiger partial charge in [-0.25, -0.2) is 15.0 Å². The number of carbonyl (C=O) groups excluding carboxylic acids is 1. The number of hydrogen-bond acceptors (Lipinski definition) is 5. The molecule has 1 saturated heterocycles. The molecule has 1 aliphatic heterocycles. The molecule has 0 saturated carbocycles. The van der Waals surface area contributed by atoms with E-state index in [0.29, 0.717) is 17.6 Å². The Balaban J connectivity index is 1.54. The first-order chi connectivity index (χ1) is 11.1. The highest BCUT2D eigenvalue weighted by Crippen LogP contribution is 2.20. The molecule has 0 N–H and O–H groups in total. The first-order valence-electron chi connectivity index (χ1n) is 7.58. The van der Waals surface area contributed by atoms with E-state index in [-0.39, 0.29) is 11.9 Å². The molecule has 122 valence electrons. The van der Waals surface area contributed by atoms with Gasteiger partial charge in [0.2, 0.25) is 11.9 Å². The average molecular weight is 335 g/mol. The third-order valence-electron chi connectivity index (χ3n) is 4.17. The lowest BCUT2D eigenvalue weighted by molar-refractivity contribution is -0.133. The maximum Gasteiger partial charge on any atom is 0.242 e. The van der Waals surface area contributed by atoms with Gasteiger partial charge in [-0.15, -0.1) is 0 Å². The van der Waals surface area contributed by atoms with Gasteiger partial charge < -0.3 is 14.4 Å². The molecule has 2 aromatic heterocycles. The largest absolute Gasteiger partial charge is 0.341 e. The highest BCUT2D eigenvalue weighted by atomic mass is 35.5. The molecule has 0 atom stereocenters. The Morgan fingerprint density at radius 1 is 1.39 bits per heavy atom. The Labute approximate surface area is 139 Å². The minimum Gasteiger partial charge on any atom is -0.341 e. The van der Waals surface area contributed by atoms with Crippen molar-refractivity contribution in [3.05, 3.63) is 36.1 Å². The van der Waals surface area contributed by atoms with E-state index in [9.17, 15) is 4.79 Å². The number of halogens is 1. The van der Waals surface area contributed by atoms with Crippen LogP contribution in [0.5, 0.6) is 0 Å². The predicted molar refractivity (Wildman–Crippen MR) is 87.3 cm³/mol. The predicted octanol–water partition coefficient (Wildman–Crippen LogP) is 1.45. The topological polar surface area (TPSA) is 67.2 Å². The van der Waals surface area contributed by atoms with E-state index < -0.39 is 0 Å². The van der Waals surface area contributed by atoms with Crippen LogP contribution < -0.4 is 4.90 Å². The SMILES string of the molecule is CN(C(=O)Cn1ccnc1)C1CCN(c2nccc(Cl)n2)CC1. The molecule has 0 aromatic carbocycles. The highest BCUT2D eigenvalue weighted by Gasteiger charge is 2.26. The van der Waals surface area contributed by atoms with Crippen LogP contribution in [0, 0.1) is 0 Å². The van der Waals surface area contributed by atoms with Crippen molar-refractivity contribution in [1.29, 1.82) is 0 Å². The lowest BCUT2D eigenvalue weighted by Gasteiger charge is -2.36. The number of rotatable bonds is 4. The summed E-state index contributed by atoms with van der Waals surface area (Å²) < 4.78 is 1.79. The van der Waals surface area contributed by atoms with Crippen molar-refractivity contribution in [2.75, 3.05) is 25.0 Å². The van der Waals surface area contributed by atoms with E-state index in [1.807, 2.05) is 11.9 Å². The summed E-state index contributed by atoms with van der Waals surface area (Å²) in [6, 6.07) is 1.90. The van der Waals surface area contributed by atoms with Crippen molar-refractivity contribution < 1.29 is 4.79 Å². The molecule has 0 spiro atoms. The number of hydrogen-bond donors (Lipinski definition) is 0. The van der Waals surface area contributed by atoms with Crippen LogP contribution in [0.4, 0.5) is 5.95 Å². The van der Waals surface area contributed by atoms with Gasteiger partial charge in [-0.05, 0) is 18.9 Å². The molecule has 7 nitrogen and oxygen atoms in total. The second kappa shape index (κ2) is 6.95. The Kier molecular flexibility index (Phi) is 4.76. The van der Waals surface area contributed by atoms with Crippen molar-refractivity contribution in [3.63, 3.8) is 0 Å². The summed E-state index contributed by atoms with van der Waals surface area (Å²) >= 11 is 5.91. The highest BCUT2D eigenvalue weighted by molar-refractivity contribution is 6.29. The van der Waals surface area contributed by atoms with E-state index in [2.05, 4.69) is 19.9 Å². The smallest absolute Gasteiger partial charge is 0.242 e. The maximum absolute atomic E-state index is 12.3. The van der Waals surface area contributed by atoms with Crippen molar-refractivity contribution in [2.24, 2.45) is 0 Å². The zero-order valence-corrected chi connectivity index (χ0v) is 13.7. The van der Waals surface area contributed by atoms with Gasteiger partial charge in [-0.2, -0.15) is 0 Å². The van der Waals surface area contributed by atoms with Crippen LogP contribution in [0.25, 0.3) is 0 Å². The molecule has 2 aromatic rings. The molecular weight excluding hydrogens is 316 g/mol. The number of amides is 1. The molecule has 3 rings (SSSR count). The van der Waals surface area contributed by atoms with E-state index in [4.69, 9.17) is 11.6 Å². The Morgan fingerprint density at radius 2 is 2.17 bits per heavy atom. The van der Waals surface area contributed by atoms with Gasteiger partial charge in [0.15, 0.2) is 0 Å². The van der Waals surface area contributed by atoms with Gasteiger partial charge in [0.05, 0.1) is 6.33 Å². The molecular formula is C15H19ClN6O. The quantitative estimate of drug-likeness (QED) is 0.792. The fraction of sp³-hybridized carbons (Fsp3) is 0.467. The van der Waals surface area contributed by atoms with Gasteiger partial charge >= 0.3 is 0 Å². The first kappa shape index (κ1) is 15.7. The zero-order valence-electron chi connectivity index (χ0n) is 13.0. The Morgan fingerprint density at radius 3 is 2.83 bits per heavy atom. The minimum atomic E-state index is 0.0976. The van der Waals surface area contributed by atoms with Gasteiger partial charge in [0.25, 0.3) is 0 Å². The van der Waals surface area contributed by atoms with Crippen LogP contribution in [-0.2, 0) is 11.3 Å². The maximum atomic E-state index is 12.3. The number of likely N-dealkylation sites (N-methyl/N-ethyl adjacent to an activating group) is 1. The zero-order chi connectivity index (χ0) is 16.2. The lowest BCUT2D eigenvalue weighted by atomic mass is 10.0. The number of carbonyl (C=O) groups is 1. The normalized spacial score (nSPS) is 15.7. The van der Waals surface area contributed by atoms with Crippen LogP contribution in [0.3, 0.4) is 0 Å². The van der Waals surface area contributed by atoms with Crippen molar-refractivity contribution >= 4 is 23.5 Å². The molecule has 8 heteroatoms. The molecule has 0 aliphatic carbocycles. The number of anilines is 1. The standard InChI is InChI=1S/C15H19ClN6O/c1-20(14(23)10-21-9-6-17-11-21)12-3-7-22(8-4-12)15-18-5-2-13(16)19-15/h2,5-6,9,11-12H,3-4,7-8,10H2,1H3. The van der Waals surface area contributed by atoms with E-state index >= 15 is 0 Å². The number of imidazole rings is 1. The summed E-state index contributed by atoms with van der Waals surface area (Å²) in [5.74, 6) is 0.754. The van der Waals surface area contributed by atoms with E-state index in [1.165, 1.54) is 0 Å². The van der Waals surface area contributed by atoms with Gasteiger partial charge in [-0.3, -0.25) is 4.79 Å². The minimum absolute atomic E-state index is 0.0976. The summed E-state index contributed by atoms with van der Waals surface area (Å²) in [7, 11) is 1.87. The molecule has 23 heavy (non-hydrogen) atoms. The lowest BCUT2D eigenvalue weighted by Crippen LogP contribution is -2.46. The monoisotopic (exact) mass is 334 g/mol. The molecule has 0 unspecified atom stereocenters. The molecule has 0 bridgehead atoms. The van der Waals surface area contributed by atoms with Crippen LogP contribution in [0.2, 0.25) is 5.15 Å². The van der Waals surface area contributed by atoms with E-state index in [0.717, 1.165) is 25.9 Å². The molecule has 0 radical (unpaired) electrons. The van der Waals surface area contributed by atoms with Gasteiger partial charge in [0.1, 0.15) is 11.7 Å². The number of piperidine rings is 1. The van der Waals surface area contributed by atoms with Gasteiger partial charge in [0, 0.05) is 44.8 Å². The fourth-order valence-electron chi connectivity index (χ4n) is 2.78. The summed E-state index contributed by atoms with van der Waals surface area (Å²) in [5, 5.41) is 0.449. The summed E-state index contributed by atoms with van der Waals surface area (Å²) in [4.78, 5) is 28.7. The van der Waals surface area contributed by atoms with Gasteiger partial charge in [-0.1, -0.05) is 11.6 Å². The van der Waals surface area contributed by atoms with Crippen molar-refractivity contribution in [1.82, 2.24) is 24.4 Å². The fourth-order valence-corrected chi connectivity index (χ4v) is 2.92. The van der Waals surface area contributed by atoms with Crippen molar-refractivity contribution in [2.45, 2.75) is 25.4 Å². The average Bonchev–Trinajstić information content (AvgIpc) is 3.07. The third kappa shape index (κ3) is 3.79. The number of nitrogens with zero attached hydrogens (tertiary/aromatic N) is 6. The molecule has 1 fully saturated rings. The molecule has 3 heterocycles. The van der Waals surface area contributed by atoms with Crippen LogP contribution >= 0.6 is 11.6 Å². The van der Waals surface area contributed by atoms with Crippen LogP contribution in [0.1, 0.15) is 12.8 Å². The van der Waals surface area contributed by atoms with E-state index in [1.54, 1.807) is 35.6 Å². The first-order valence-corrected chi connectivity index (χ1v) is 7.96. The van der Waals surface area contributed by atoms with Crippen LogP contribution in [-0.4, -0.2) is 56.5 Å². The second-order valence-electron chi connectivity index (χ2n) is 5.64. The molecule has 1 aliphatic rings. The third-order valence-corrected chi connectivity index (χ3v) is 4.38. The molecule has 1 amide bonds. The number of aromatic nitrogens is 4.